The second kappa shape index (κ2) is 4.87. The number of rotatable bonds is 0. The molecule has 0 bridgehead atoms. The summed E-state index contributed by atoms with van der Waals surface area (Å²) in [5.41, 5.74) is 0. The third kappa shape index (κ3) is 17.6. The number of halogens is 3. The minimum atomic E-state index is -4.64. The van der Waals surface area contributed by atoms with Gasteiger partial charge in [0.25, 0.3) is 0 Å². The van der Waals surface area contributed by atoms with Gasteiger partial charge in [0.15, 0.2) is 0 Å². The van der Waals surface area contributed by atoms with Crippen LogP contribution >= 0.6 is 0 Å². The molecule has 66 valence electrons. The average Bonchev–Trinajstić information content (AvgIpc) is 1.59. The first-order chi connectivity index (χ1) is 4.68. The van der Waals surface area contributed by atoms with E-state index in [2.05, 4.69) is 0 Å². The number of hydrogen-bond acceptors (Lipinski definition) is 2. The van der Waals surface area contributed by atoms with Gasteiger partial charge in [-0.05, 0) is 13.8 Å². The van der Waals surface area contributed by atoms with E-state index in [1.807, 2.05) is 0 Å². The van der Waals surface area contributed by atoms with Crippen LogP contribution in [-0.4, -0.2) is 17.7 Å². The number of carbonyl (C=O) groups is 2. The average molecular weight is 170 g/mol. The lowest BCUT2D eigenvalue weighted by Crippen LogP contribution is -2.18. The third-order valence-corrected chi connectivity index (χ3v) is 0.399. The zero-order valence-electron chi connectivity index (χ0n) is 6.45. The van der Waals surface area contributed by atoms with Gasteiger partial charge >= 0.3 is 6.18 Å². The van der Waals surface area contributed by atoms with E-state index < -0.39 is 12.0 Å². The van der Waals surface area contributed by atoms with Crippen molar-refractivity contribution in [2.75, 3.05) is 0 Å². The van der Waals surface area contributed by atoms with Crippen molar-refractivity contribution in [3.8, 4) is 0 Å². The summed E-state index contributed by atoms with van der Waals surface area (Å²) in [6.07, 6.45) is -4.64. The van der Waals surface area contributed by atoms with Crippen molar-refractivity contribution < 1.29 is 22.8 Å². The molecule has 0 radical (unpaired) electrons. The number of alkyl halides is 3. The number of ketones is 2. The van der Waals surface area contributed by atoms with Crippen molar-refractivity contribution in [1.82, 2.24) is 0 Å². The molecule has 11 heavy (non-hydrogen) atoms. The molecule has 0 saturated carbocycles. The molecule has 0 aliphatic heterocycles. The molecule has 0 aliphatic carbocycles. The smallest absolute Gasteiger partial charge is 0.300 e. The van der Waals surface area contributed by atoms with Crippen molar-refractivity contribution >= 4 is 11.6 Å². The van der Waals surface area contributed by atoms with Crippen LogP contribution in [0.2, 0.25) is 0 Å². The lowest BCUT2D eigenvalue weighted by atomic mass is 10.5. The van der Waals surface area contributed by atoms with Gasteiger partial charge < -0.3 is 4.79 Å². The zero-order chi connectivity index (χ0) is 9.65. The van der Waals surface area contributed by atoms with Crippen molar-refractivity contribution in [1.29, 1.82) is 0 Å². The van der Waals surface area contributed by atoms with E-state index in [9.17, 15) is 22.8 Å². The van der Waals surface area contributed by atoms with Crippen molar-refractivity contribution in [3.63, 3.8) is 0 Å². The second-order valence-corrected chi connectivity index (χ2v) is 1.96. The van der Waals surface area contributed by atoms with E-state index in [-0.39, 0.29) is 5.78 Å². The van der Waals surface area contributed by atoms with E-state index in [1.54, 1.807) is 0 Å². The van der Waals surface area contributed by atoms with Crippen LogP contribution in [0.4, 0.5) is 13.2 Å². The maximum Gasteiger partial charge on any atom is 0.449 e. The summed E-state index contributed by atoms with van der Waals surface area (Å²) >= 11 is 0. The Hall–Kier alpha value is -0.870. The van der Waals surface area contributed by atoms with Gasteiger partial charge in [-0.3, -0.25) is 4.79 Å². The highest BCUT2D eigenvalue weighted by Gasteiger charge is 2.33. The summed E-state index contributed by atoms with van der Waals surface area (Å²) < 4.78 is 32.5. The molecule has 0 rings (SSSR count). The Labute approximate surface area is 62.4 Å². The predicted octanol–water partition coefficient (Wildman–Crippen LogP) is 1.73. The lowest BCUT2D eigenvalue weighted by Gasteiger charge is -1.95. The molecule has 0 unspecified atom stereocenters. The molecule has 0 aromatic heterocycles. The maximum absolute atomic E-state index is 10.8. The SMILES string of the molecule is CC(=O)C(F)(F)F.CC(C)=O. The minimum Gasteiger partial charge on any atom is -0.300 e. The fourth-order valence-electron chi connectivity index (χ4n) is 0. The van der Waals surface area contributed by atoms with Crippen molar-refractivity contribution in [2.45, 2.75) is 26.9 Å². The predicted molar refractivity (Wildman–Crippen MR) is 33.1 cm³/mol. The van der Waals surface area contributed by atoms with Gasteiger partial charge in [0, 0.05) is 6.92 Å². The summed E-state index contributed by atoms with van der Waals surface area (Å²) in [6.45, 7) is 3.54. The zero-order valence-corrected chi connectivity index (χ0v) is 6.45. The standard InChI is InChI=1S/C3H3F3O.C3H6O/c1-2(7)3(4,5)6;1-3(2)4/h1H3;1-2H3. The molecule has 0 aliphatic rings. The molecular formula is C6H9F3O2. The number of hydrogen-bond donors (Lipinski definition) is 0. The molecule has 0 amide bonds. The Bertz CT molecular complexity index is 144. The fourth-order valence-corrected chi connectivity index (χ4v) is 0. The van der Waals surface area contributed by atoms with Gasteiger partial charge in [-0.2, -0.15) is 13.2 Å². The van der Waals surface area contributed by atoms with Crippen LogP contribution < -0.4 is 0 Å². The first kappa shape index (κ1) is 12.8. The molecule has 5 heteroatoms. The van der Waals surface area contributed by atoms with E-state index in [1.165, 1.54) is 13.8 Å². The van der Waals surface area contributed by atoms with Crippen molar-refractivity contribution in [2.24, 2.45) is 0 Å². The first-order valence-electron chi connectivity index (χ1n) is 2.73. The molecule has 0 fully saturated rings. The molecule has 0 atom stereocenters. The molecule has 0 saturated heterocycles. The molecule has 0 spiro atoms. The second-order valence-electron chi connectivity index (χ2n) is 1.96. The van der Waals surface area contributed by atoms with Crippen LogP contribution in [0.5, 0.6) is 0 Å². The van der Waals surface area contributed by atoms with Crippen LogP contribution in [-0.2, 0) is 9.59 Å². The van der Waals surface area contributed by atoms with Crippen molar-refractivity contribution in [3.05, 3.63) is 0 Å². The molecule has 0 heterocycles. The topological polar surface area (TPSA) is 34.1 Å². The molecular weight excluding hydrogens is 161 g/mol. The number of Topliss-reactive ketones (excluding diaryl/α,β-unsaturated/α-hetero) is 2. The van der Waals surface area contributed by atoms with Gasteiger partial charge in [-0.15, -0.1) is 0 Å². The summed E-state index contributed by atoms with van der Waals surface area (Å²) in [7, 11) is 0. The molecule has 0 aromatic rings. The maximum atomic E-state index is 10.8. The van der Waals surface area contributed by atoms with Crippen LogP contribution in [0.1, 0.15) is 20.8 Å². The molecule has 0 N–H and O–H groups in total. The van der Waals surface area contributed by atoms with E-state index >= 15 is 0 Å². The van der Waals surface area contributed by atoms with E-state index in [0.717, 1.165) is 0 Å². The number of carbonyl (C=O) groups excluding carboxylic acids is 2. The van der Waals surface area contributed by atoms with Crippen LogP contribution in [0.3, 0.4) is 0 Å². The Kier molecular flexibility index (Phi) is 5.66. The summed E-state index contributed by atoms with van der Waals surface area (Å²) in [5.74, 6) is -1.59. The van der Waals surface area contributed by atoms with Gasteiger partial charge in [-0.25, -0.2) is 0 Å². The van der Waals surface area contributed by atoms with E-state index in [4.69, 9.17) is 0 Å². The van der Waals surface area contributed by atoms with E-state index in [0.29, 0.717) is 6.92 Å². The quantitative estimate of drug-likeness (QED) is 0.554. The Morgan fingerprint density at radius 2 is 1.09 bits per heavy atom. The summed E-state index contributed by atoms with van der Waals surface area (Å²) in [5, 5.41) is 0. The molecule has 2 nitrogen and oxygen atoms in total. The summed E-state index contributed by atoms with van der Waals surface area (Å²) in [6, 6.07) is 0. The minimum absolute atomic E-state index is 0.167. The summed E-state index contributed by atoms with van der Waals surface area (Å²) in [4.78, 5) is 18.8. The third-order valence-electron chi connectivity index (χ3n) is 0.399. The normalized spacial score (nSPS) is 9.64. The highest BCUT2D eigenvalue weighted by atomic mass is 19.4. The van der Waals surface area contributed by atoms with Crippen LogP contribution in [0.25, 0.3) is 0 Å². The Balaban J connectivity index is 0. The Morgan fingerprint density at radius 3 is 1.09 bits per heavy atom. The van der Waals surface area contributed by atoms with Gasteiger partial charge in [0.05, 0.1) is 0 Å². The monoisotopic (exact) mass is 170 g/mol. The highest BCUT2D eigenvalue weighted by molar-refractivity contribution is 5.81. The highest BCUT2D eigenvalue weighted by Crippen LogP contribution is 2.14. The lowest BCUT2D eigenvalue weighted by molar-refractivity contribution is -0.168. The Morgan fingerprint density at radius 1 is 1.00 bits per heavy atom. The van der Waals surface area contributed by atoms with Gasteiger partial charge in [0.1, 0.15) is 5.78 Å². The first-order valence-corrected chi connectivity index (χ1v) is 2.73. The largest absolute Gasteiger partial charge is 0.449 e. The van der Waals surface area contributed by atoms with Crippen LogP contribution in [0.15, 0.2) is 0 Å². The fraction of sp³-hybridized carbons (Fsp3) is 0.667. The molecule has 0 aromatic carbocycles. The van der Waals surface area contributed by atoms with Gasteiger partial charge in [0.2, 0.25) is 5.78 Å². The van der Waals surface area contributed by atoms with Crippen LogP contribution in [0, 0.1) is 0 Å². The van der Waals surface area contributed by atoms with Gasteiger partial charge in [-0.1, -0.05) is 0 Å².